The number of amides is 2. The number of carbonyl (C=O) groups is 2. The van der Waals surface area contributed by atoms with Gasteiger partial charge in [0.25, 0.3) is 0 Å². The summed E-state index contributed by atoms with van der Waals surface area (Å²) in [4.78, 5) is 35.5. The number of anilines is 1. The Kier molecular flexibility index (Phi) is 5.07. The minimum absolute atomic E-state index is 0.0777. The van der Waals surface area contributed by atoms with Crippen molar-refractivity contribution in [3.05, 3.63) is 60.4 Å². The summed E-state index contributed by atoms with van der Waals surface area (Å²) in [6, 6.07) is 15.7. The Morgan fingerprint density at radius 1 is 0.935 bits per heavy atom. The predicted molar refractivity (Wildman–Crippen MR) is 120 cm³/mol. The van der Waals surface area contributed by atoms with Crippen molar-refractivity contribution in [3.63, 3.8) is 0 Å². The predicted octanol–water partition coefficient (Wildman–Crippen LogP) is 4.75. The Morgan fingerprint density at radius 2 is 1.61 bits per heavy atom. The van der Waals surface area contributed by atoms with Crippen LogP contribution in [0.2, 0.25) is 0 Å². The van der Waals surface area contributed by atoms with Gasteiger partial charge in [-0.2, -0.15) is 0 Å². The third-order valence-electron chi connectivity index (χ3n) is 7.84. The molecule has 1 aromatic heterocycles. The van der Waals surface area contributed by atoms with Gasteiger partial charge in [0.15, 0.2) is 0 Å². The van der Waals surface area contributed by atoms with Crippen molar-refractivity contribution < 1.29 is 9.59 Å². The summed E-state index contributed by atoms with van der Waals surface area (Å²) in [7, 11) is 0. The fourth-order valence-electron chi connectivity index (χ4n) is 5.99. The number of β-lactam (4-membered cyclic amide) rings is 1. The average Bonchev–Trinajstić information content (AvgIpc) is 2.83. The molecule has 1 spiro atoms. The zero-order valence-electron chi connectivity index (χ0n) is 18.3. The van der Waals surface area contributed by atoms with Gasteiger partial charge in [-0.3, -0.25) is 14.6 Å². The van der Waals surface area contributed by atoms with Gasteiger partial charge in [0.05, 0.1) is 17.2 Å². The summed E-state index contributed by atoms with van der Waals surface area (Å²) in [6.07, 6.45) is 8.73. The van der Waals surface area contributed by atoms with E-state index in [9.17, 15) is 9.59 Å². The van der Waals surface area contributed by atoms with E-state index >= 15 is 0 Å². The van der Waals surface area contributed by atoms with Crippen LogP contribution in [0.5, 0.6) is 0 Å². The molecule has 5 heteroatoms. The van der Waals surface area contributed by atoms with Crippen molar-refractivity contribution >= 4 is 17.5 Å². The quantitative estimate of drug-likeness (QED) is 0.677. The number of hydrogen-bond donors (Lipinski definition) is 0. The second-order valence-electron chi connectivity index (χ2n) is 9.74. The van der Waals surface area contributed by atoms with E-state index in [1.165, 1.54) is 6.42 Å². The largest absolute Gasteiger partial charge is 0.342 e. The SMILES string of the molecule is CC1(C(=O)N2CCC3(CC2)C(=O)N(c2ccccc2)C3c2ccccn2)CCCCC1. The summed E-state index contributed by atoms with van der Waals surface area (Å²) in [6.45, 7) is 3.46. The van der Waals surface area contributed by atoms with Crippen molar-refractivity contribution in [2.75, 3.05) is 18.0 Å². The van der Waals surface area contributed by atoms with Crippen LogP contribution in [0, 0.1) is 10.8 Å². The molecule has 2 aliphatic heterocycles. The van der Waals surface area contributed by atoms with E-state index in [4.69, 9.17) is 0 Å². The number of carbonyl (C=O) groups excluding carboxylic acids is 2. The molecule has 3 heterocycles. The molecule has 5 nitrogen and oxygen atoms in total. The molecule has 1 unspecified atom stereocenters. The van der Waals surface area contributed by atoms with Crippen LogP contribution in [0.15, 0.2) is 54.7 Å². The topological polar surface area (TPSA) is 53.5 Å². The van der Waals surface area contributed by atoms with E-state index in [0.29, 0.717) is 31.8 Å². The van der Waals surface area contributed by atoms with Gasteiger partial charge in [-0.15, -0.1) is 0 Å². The maximum Gasteiger partial charge on any atom is 0.236 e. The molecule has 31 heavy (non-hydrogen) atoms. The normalized spacial score (nSPS) is 24.7. The van der Waals surface area contributed by atoms with Crippen molar-refractivity contribution in [3.8, 4) is 0 Å². The highest BCUT2D eigenvalue weighted by atomic mass is 16.2. The molecule has 0 bridgehead atoms. The molecular weight excluding hydrogens is 386 g/mol. The van der Waals surface area contributed by atoms with Crippen LogP contribution < -0.4 is 4.90 Å². The number of hydrogen-bond acceptors (Lipinski definition) is 3. The number of rotatable bonds is 3. The molecule has 2 saturated heterocycles. The maximum atomic E-state index is 13.6. The van der Waals surface area contributed by atoms with Crippen LogP contribution in [0.4, 0.5) is 5.69 Å². The second-order valence-corrected chi connectivity index (χ2v) is 9.74. The molecule has 3 aliphatic rings. The molecule has 1 atom stereocenters. The van der Waals surface area contributed by atoms with Gasteiger partial charge in [-0.1, -0.05) is 50.5 Å². The van der Waals surface area contributed by atoms with E-state index in [1.54, 1.807) is 6.20 Å². The third kappa shape index (κ3) is 3.26. The molecule has 5 rings (SSSR count). The molecule has 3 fully saturated rings. The van der Waals surface area contributed by atoms with E-state index in [1.807, 2.05) is 58.3 Å². The Bertz CT molecular complexity index is 945. The number of nitrogens with zero attached hydrogens (tertiary/aromatic N) is 3. The lowest BCUT2D eigenvalue weighted by Gasteiger charge is -2.58. The molecular formula is C26H31N3O2. The minimum Gasteiger partial charge on any atom is -0.342 e. The molecule has 0 N–H and O–H groups in total. The van der Waals surface area contributed by atoms with Gasteiger partial charge in [-0.25, -0.2) is 0 Å². The first kappa shape index (κ1) is 20.2. The monoisotopic (exact) mass is 417 g/mol. The van der Waals surface area contributed by atoms with Gasteiger partial charge >= 0.3 is 0 Å². The van der Waals surface area contributed by atoms with Crippen LogP contribution in [0.1, 0.15) is 63.6 Å². The Balaban J connectivity index is 1.39. The lowest BCUT2D eigenvalue weighted by atomic mass is 9.62. The summed E-state index contributed by atoms with van der Waals surface area (Å²) < 4.78 is 0. The summed E-state index contributed by atoms with van der Waals surface area (Å²) in [5.41, 5.74) is 1.17. The number of likely N-dealkylation sites (tertiary alicyclic amines) is 1. The lowest BCUT2D eigenvalue weighted by Crippen LogP contribution is -2.67. The zero-order chi connectivity index (χ0) is 21.5. The van der Waals surface area contributed by atoms with Crippen molar-refractivity contribution in [1.29, 1.82) is 0 Å². The molecule has 2 aromatic rings. The number of benzene rings is 1. The van der Waals surface area contributed by atoms with Crippen LogP contribution in [-0.2, 0) is 9.59 Å². The molecule has 162 valence electrons. The Labute approximate surface area is 184 Å². The lowest BCUT2D eigenvalue weighted by molar-refractivity contribution is -0.154. The number of aromatic nitrogens is 1. The Morgan fingerprint density at radius 3 is 2.26 bits per heavy atom. The minimum atomic E-state index is -0.464. The van der Waals surface area contributed by atoms with Gasteiger partial charge < -0.3 is 9.80 Å². The van der Waals surface area contributed by atoms with E-state index in [-0.39, 0.29) is 17.4 Å². The van der Waals surface area contributed by atoms with Crippen molar-refractivity contribution in [1.82, 2.24) is 9.88 Å². The summed E-state index contributed by atoms with van der Waals surface area (Å²) in [5.74, 6) is 0.466. The number of pyridine rings is 1. The van der Waals surface area contributed by atoms with Crippen LogP contribution >= 0.6 is 0 Å². The first-order valence-corrected chi connectivity index (χ1v) is 11.6. The summed E-state index contributed by atoms with van der Waals surface area (Å²) in [5, 5.41) is 0. The zero-order valence-corrected chi connectivity index (χ0v) is 18.3. The molecule has 1 aromatic carbocycles. The standard InChI is InChI=1S/C26H31N3O2/c1-25(13-7-3-8-14-25)23(30)28-18-15-26(16-19-28)22(21-12-6-9-17-27-21)29(24(26)31)20-10-4-2-5-11-20/h2,4-6,9-12,17,22H,3,7-8,13-16,18-19H2,1H3. The number of piperidine rings is 1. The molecule has 1 saturated carbocycles. The Hall–Kier alpha value is -2.69. The van der Waals surface area contributed by atoms with E-state index in [0.717, 1.165) is 37.1 Å². The summed E-state index contributed by atoms with van der Waals surface area (Å²) >= 11 is 0. The average molecular weight is 418 g/mol. The van der Waals surface area contributed by atoms with Crippen LogP contribution in [0.3, 0.4) is 0 Å². The maximum absolute atomic E-state index is 13.6. The highest BCUT2D eigenvalue weighted by Gasteiger charge is 2.63. The van der Waals surface area contributed by atoms with Gasteiger partial charge in [0.2, 0.25) is 11.8 Å². The fourth-order valence-corrected chi connectivity index (χ4v) is 5.99. The smallest absolute Gasteiger partial charge is 0.236 e. The fraction of sp³-hybridized carbons (Fsp3) is 0.500. The van der Waals surface area contributed by atoms with Crippen LogP contribution in [-0.4, -0.2) is 34.8 Å². The number of para-hydroxylation sites is 1. The van der Waals surface area contributed by atoms with Gasteiger partial charge in [0.1, 0.15) is 0 Å². The highest BCUT2D eigenvalue weighted by molar-refractivity contribution is 6.06. The molecule has 2 amide bonds. The van der Waals surface area contributed by atoms with Gasteiger partial charge in [0, 0.05) is 30.4 Å². The molecule has 0 radical (unpaired) electrons. The highest BCUT2D eigenvalue weighted by Crippen LogP contribution is 2.57. The molecule has 1 aliphatic carbocycles. The second kappa shape index (κ2) is 7.77. The third-order valence-corrected chi connectivity index (χ3v) is 7.84. The first-order valence-electron chi connectivity index (χ1n) is 11.6. The van der Waals surface area contributed by atoms with Gasteiger partial charge in [-0.05, 0) is 49.9 Å². The van der Waals surface area contributed by atoms with E-state index < -0.39 is 5.41 Å². The van der Waals surface area contributed by atoms with E-state index in [2.05, 4.69) is 11.9 Å². The van der Waals surface area contributed by atoms with Crippen molar-refractivity contribution in [2.45, 2.75) is 57.9 Å². The van der Waals surface area contributed by atoms with Crippen molar-refractivity contribution in [2.24, 2.45) is 10.8 Å². The first-order chi connectivity index (χ1) is 15.1. The van der Waals surface area contributed by atoms with Crippen LogP contribution in [0.25, 0.3) is 0 Å².